The molecule has 80 valence electrons. The Bertz CT molecular complexity index is 319. The molecule has 0 aliphatic rings. The summed E-state index contributed by atoms with van der Waals surface area (Å²) in [6.07, 6.45) is 0.701. The lowest BCUT2D eigenvalue weighted by molar-refractivity contribution is 0.0992. The quantitative estimate of drug-likeness (QED) is 0.585. The number of hydrogen-bond acceptors (Lipinski definition) is 4. The first kappa shape index (κ1) is 12.4. The molecule has 0 atom stereocenters. The van der Waals surface area contributed by atoms with Gasteiger partial charge in [-0.15, -0.1) is 0 Å². The fraction of sp³-hybridized carbons (Fsp3) is 0.500. The lowest BCUT2D eigenvalue weighted by Crippen LogP contribution is -2.17. The van der Waals surface area contributed by atoms with Gasteiger partial charge in [-0.3, -0.25) is 9.48 Å². The van der Waals surface area contributed by atoms with Gasteiger partial charge in [-0.05, 0) is 6.42 Å². The van der Waals surface area contributed by atoms with Gasteiger partial charge in [0.1, 0.15) is 5.69 Å². The first-order valence-corrected chi connectivity index (χ1v) is 4.13. The third kappa shape index (κ3) is 2.23. The van der Waals surface area contributed by atoms with Crippen LogP contribution in [0.25, 0.3) is 0 Å². The lowest BCUT2D eigenvalue weighted by Gasteiger charge is -1.95. The molecule has 1 rings (SSSR count). The Labute approximate surface area is 82.5 Å². The Balaban J connectivity index is 0.000000791. The second-order valence-electron chi connectivity index (χ2n) is 2.55. The van der Waals surface area contributed by atoms with E-state index in [1.807, 2.05) is 6.92 Å². The number of nitrogens with two attached hydrogens (primary N) is 2. The van der Waals surface area contributed by atoms with Crippen molar-refractivity contribution >= 4 is 11.6 Å². The van der Waals surface area contributed by atoms with Gasteiger partial charge in [-0.1, -0.05) is 6.92 Å². The van der Waals surface area contributed by atoms with Crippen LogP contribution in [-0.4, -0.2) is 27.9 Å². The van der Waals surface area contributed by atoms with Gasteiger partial charge in [0, 0.05) is 14.2 Å². The van der Waals surface area contributed by atoms with E-state index < -0.39 is 5.91 Å². The van der Waals surface area contributed by atoms with E-state index in [1.54, 1.807) is 7.05 Å². The number of primary amides is 1. The maximum absolute atomic E-state index is 10.9. The highest BCUT2D eigenvalue weighted by molar-refractivity contribution is 5.96. The van der Waals surface area contributed by atoms with Crippen molar-refractivity contribution < 1.29 is 9.90 Å². The minimum absolute atomic E-state index is 0.284. The SMILES string of the molecule is CCc1nn(C)c(C(N)=O)c1N.CO. The minimum atomic E-state index is -0.540. The van der Waals surface area contributed by atoms with E-state index in [0.29, 0.717) is 17.8 Å². The van der Waals surface area contributed by atoms with Crippen molar-refractivity contribution in [2.24, 2.45) is 12.8 Å². The number of nitrogen functional groups attached to an aromatic ring is 1. The molecule has 1 amide bonds. The second-order valence-corrected chi connectivity index (χ2v) is 2.55. The van der Waals surface area contributed by atoms with Crippen LogP contribution >= 0.6 is 0 Å². The number of hydrogen-bond donors (Lipinski definition) is 3. The molecule has 6 heteroatoms. The molecular formula is C8H16N4O2. The van der Waals surface area contributed by atoms with Crippen molar-refractivity contribution in [3.05, 3.63) is 11.4 Å². The molecule has 14 heavy (non-hydrogen) atoms. The van der Waals surface area contributed by atoms with E-state index in [9.17, 15) is 4.79 Å². The van der Waals surface area contributed by atoms with E-state index in [1.165, 1.54) is 4.68 Å². The van der Waals surface area contributed by atoms with Crippen LogP contribution < -0.4 is 11.5 Å². The summed E-state index contributed by atoms with van der Waals surface area (Å²) in [5, 5.41) is 11.0. The smallest absolute Gasteiger partial charge is 0.269 e. The molecule has 0 spiro atoms. The number of carbonyl (C=O) groups excluding carboxylic acids is 1. The van der Waals surface area contributed by atoms with Crippen LogP contribution in [0.4, 0.5) is 5.69 Å². The average Bonchev–Trinajstić information content (AvgIpc) is 2.44. The molecule has 1 aromatic rings. The zero-order valence-corrected chi connectivity index (χ0v) is 8.61. The van der Waals surface area contributed by atoms with Gasteiger partial charge in [0.15, 0.2) is 0 Å². The molecule has 0 aromatic carbocycles. The number of aromatic nitrogens is 2. The molecule has 0 saturated heterocycles. The molecule has 0 bridgehead atoms. The number of carbonyl (C=O) groups is 1. The van der Waals surface area contributed by atoms with Gasteiger partial charge < -0.3 is 16.6 Å². The molecule has 5 N–H and O–H groups in total. The van der Waals surface area contributed by atoms with Gasteiger partial charge in [-0.2, -0.15) is 5.10 Å². The van der Waals surface area contributed by atoms with Crippen LogP contribution in [-0.2, 0) is 13.5 Å². The Hall–Kier alpha value is -1.56. The van der Waals surface area contributed by atoms with Gasteiger partial charge in [0.25, 0.3) is 5.91 Å². The number of aryl methyl sites for hydroxylation is 2. The summed E-state index contributed by atoms with van der Waals surface area (Å²) in [7, 11) is 2.65. The van der Waals surface area contributed by atoms with Gasteiger partial charge in [0.05, 0.1) is 11.4 Å². The summed E-state index contributed by atoms with van der Waals surface area (Å²) in [5.74, 6) is -0.540. The highest BCUT2D eigenvalue weighted by atomic mass is 16.2. The molecule has 6 nitrogen and oxygen atoms in total. The van der Waals surface area contributed by atoms with E-state index in [2.05, 4.69) is 5.10 Å². The molecule has 1 heterocycles. The molecule has 0 saturated carbocycles. The summed E-state index contributed by atoms with van der Waals surface area (Å²) >= 11 is 0. The summed E-state index contributed by atoms with van der Waals surface area (Å²) in [4.78, 5) is 10.9. The van der Waals surface area contributed by atoms with Gasteiger partial charge in [0.2, 0.25) is 0 Å². The summed E-state index contributed by atoms with van der Waals surface area (Å²) in [5.41, 5.74) is 12.1. The molecule has 0 aliphatic heterocycles. The van der Waals surface area contributed by atoms with E-state index in [-0.39, 0.29) is 5.69 Å². The monoisotopic (exact) mass is 200 g/mol. The Morgan fingerprint density at radius 2 is 2.07 bits per heavy atom. The van der Waals surface area contributed by atoms with Crippen LogP contribution in [0, 0.1) is 0 Å². The van der Waals surface area contributed by atoms with Crippen LogP contribution in [0.2, 0.25) is 0 Å². The topological polar surface area (TPSA) is 107 Å². The van der Waals surface area contributed by atoms with Crippen molar-refractivity contribution in [3.8, 4) is 0 Å². The summed E-state index contributed by atoms with van der Waals surface area (Å²) in [6, 6.07) is 0. The predicted molar refractivity (Wildman–Crippen MR) is 53.7 cm³/mol. The second kappa shape index (κ2) is 5.23. The van der Waals surface area contributed by atoms with Crippen molar-refractivity contribution in [3.63, 3.8) is 0 Å². The van der Waals surface area contributed by atoms with Crippen LogP contribution in [0.3, 0.4) is 0 Å². The Morgan fingerprint density at radius 1 is 1.57 bits per heavy atom. The average molecular weight is 200 g/mol. The van der Waals surface area contributed by atoms with E-state index in [0.717, 1.165) is 7.11 Å². The zero-order valence-electron chi connectivity index (χ0n) is 8.61. The number of amides is 1. The van der Waals surface area contributed by atoms with Crippen LogP contribution in [0.1, 0.15) is 23.1 Å². The summed E-state index contributed by atoms with van der Waals surface area (Å²) in [6.45, 7) is 1.92. The van der Waals surface area contributed by atoms with Gasteiger partial charge in [-0.25, -0.2) is 0 Å². The van der Waals surface area contributed by atoms with Crippen molar-refractivity contribution in [1.29, 1.82) is 0 Å². The maximum Gasteiger partial charge on any atom is 0.269 e. The normalized spacial score (nSPS) is 9.14. The number of aliphatic hydroxyl groups is 1. The fourth-order valence-corrected chi connectivity index (χ4v) is 1.15. The molecule has 0 unspecified atom stereocenters. The lowest BCUT2D eigenvalue weighted by atomic mass is 10.2. The van der Waals surface area contributed by atoms with Gasteiger partial charge >= 0.3 is 0 Å². The third-order valence-corrected chi connectivity index (χ3v) is 1.73. The Morgan fingerprint density at radius 3 is 2.29 bits per heavy atom. The number of rotatable bonds is 2. The number of anilines is 1. The molecule has 0 radical (unpaired) electrons. The van der Waals surface area contributed by atoms with Crippen LogP contribution in [0.5, 0.6) is 0 Å². The van der Waals surface area contributed by atoms with E-state index >= 15 is 0 Å². The molecule has 0 aliphatic carbocycles. The minimum Gasteiger partial charge on any atom is -0.400 e. The maximum atomic E-state index is 10.9. The van der Waals surface area contributed by atoms with E-state index in [4.69, 9.17) is 16.6 Å². The highest BCUT2D eigenvalue weighted by Crippen LogP contribution is 2.15. The molecule has 1 aromatic heterocycles. The molecular weight excluding hydrogens is 184 g/mol. The third-order valence-electron chi connectivity index (χ3n) is 1.73. The molecule has 0 fully saturated rings. The first-order valence-electron chi connectivity index (χ1n) is 4.13. The van der Waals surface area contributed by atoms with Crippen LogP contribution in [0.15, 0.2) is 0 Å². The standard InChI is InChI=1S/C7H12N4O.CH4O/c1-3-4-5(8)6(7(9)12)11(2)10-4;1-2/h3,8H2,1-2H3,(H2,9,12);2H,1H3. The first-order chi connectivity index (χ1) is 6.57. The fourth-order valence-electron chi connectivity index (χ4n) is 1.15. The van der Waals surface area contributed by atoms with Crippen molar-refractivity contribution in [1.82, 2.24) is 9.78 Å². The number of nitrogens with zero attached hydrogens (tertiary/aromatic N) is 2. The largest absolute Gasteiger partial charge is 0.400 e. The van der Waals surface area contributed by atoms with Crippen molar-refractivity contribution in [2.45, 2.75) is 13.3 Å². The highest BCUT2D eigenvalue weighted by Gasteiger charge is 2.15. The number of aliphatic hydroxyl groups excluding tert-OH is 1. The zero-order chi connectivity index (χ0) is 11.3. The predicted octanol–water partition coefficient (Wildman–Crippen LogP) is -0.728. The Kier molecular flexibility index (Phi) is 4.65. The summed E-state index contributed by atoms with van der Waals surface area (Å²) < 4.78 is 1.41. The van der Waals surface area contributed by atoms with Crippen molar-refractivity contribution in [2.75, 3.05) is 12.8 Å².